The number of amides is 2. The number of hydrogen-bond donors (Lipinski definition) is 1. The summed E-state index contributed by atoms with van der Waals surface area (Å²) in [6.45, 7) is 6.97. The zero-order chi connectivity index (χ0) is 37.8. The summed E-state index contributed by atoms with van der Waals surface area (Å²) in [5, 5.41) is 11.5. The van der Waals surface area contributed by atoms with Crippen LogP contribution in [0.3, 0.4) is 0 Å². The zero-order valence-corrected chi connectivity index (χ0v) is 32.1. The Bertz CT molecular complexity index is 2240. The molecule has 0 radical (unpaired) electrons. The molecule has 1 N–H and O–H groups in total. The molecule has 3 aliphatic heterocycles. The van der Waals surface area contributed by atoms with E-state index in [9.17, 15) is 9.90 Å². The molecule has 1 saturated heterocycles. The number of nitrogens with zero attached hydrogens (tertiary/aromatic N) is 2. The van der Waals surface area contributed by atoms with E-state index in [0.29, 0.717) is 40.6 Å². The average molecular weight is 741 g/mol. The Morgan fingerprint density at radius 3 is 2.24 bits per heavy atom. The van der Waals surface area contributed by atoms with Crippen LogP contribution in [-0.4, -0.2) is 51.9 Å². The smallest absolute Gasteiger partial charge is 0.266 e. The van der Waals surface area contributed by atoms with Crippen molar-refractivity contribution in [1.29, 1.82) is 0 Å². The number of hydrogen-bond acceptors (Lipinski definition) is 7. The Labute approximate surface area is 316 Å². The van der Waals surface area contributed by atoms with Crippen LogP contribution in [0, 0.1) is 5.92 Å². The highest BCUT2D eigenvalue weighted by atomic mass is 28.3. The molecule has 10 heteroatoms. The Balaban J connectivity index is 1.18. The standard InChI is InChI=1S/C44H44N2O7Si/c1-28-41(54(4,5)33-20-17-31(50-2)18-21-33)40(23-24-47)53-44(28)35-26-32(51-3)19-22-36(35)45(43(44)49)27-29-11-10-12-30(25-29)46-37-14-7-9-16-39(37)52-38-15-8-6-13-34(38)42(46)48/h6-22,25-26,28,40-41,47H,23-24,27H2,1-5H3/t28-,40+,41-,44+/m1/s1. The highest BCUT2D eigenvalue weighted by molar-refractivity contribution is 6.91. The van der Waals surface area contributed by atoms with E-state index in [4.69, 9.17) is 18.9 Å². The number of anilines is 3. The predicted octanol–water partition coefficient (Wildman–Crippen LogP) is 7.93. The van der Waals surface area contributed by atoms with E-state index in [-0.39, 0.29) is 42.5 Å². The van der Waals surface area contributed by atoms with Gasteiger partial charge >= 0.3 is 0 Å². The molecule has 3 aliphatic rings. The molecular formula is C44H44N2O7Si. The largest absolute Gasteiger partial charge is 0.497 e. The van der Waals surface area contributed by atoms with Crippen LogP contribution in [0.1, 0.15) is 34.8 Å². The summed E-state index contributed by atoms with van der Waals surface area (Å²) in [7, 11) is 0.940. The Kier molecular flexibility index (Phi) is 9.08. The first-order valence-electron chi connectivity index (χ1n) is 18.4. The minimum absolute atomic E-state index is 0.00328. The highest BCUT2D eigenvalue weighted by Gasteiger charge is 2.66. The van der Waals surface area contributed by atoms with Crippen LogP contribution >= 0.6 is 0 Å². The maximum Gasteiger partial charge on any atom is 0.266 e. The number of para-hydroxylation sites is 3. The normalized spacial score (nSPS) is 21.7. The molecule has 1 spiro atoms. The molecule has 0 aliphatic carbocycles. The fraction of sp³-hybridized carbons (Fsp3) is 0.273. The van der Waals surface area contributed by atoms with Crippen molar-refractivity contribution in [2.24, 2.45) is 5.92 Å². The van der Waals surface area contributed by atoms with E-state index < -0.39 is 13.7 Å². The number of ether oxygens (including phenoxy) is 4. The molecular weight excluding hydrogens is 697 g/mol. The average Bonchev–Trinajstić information content (AvgIpc) is 3.56. The molecule has 5 aromatic rings. The van der Waals surface area contributed by atoms with Crippen molar-refractivity contribution in [1.82, 2.24) is 0 Å². The third-order valence-corrected chi connectivity index (χ3v) is 16.0. The van der Waals surface area contributed by atoms with E-state index >= 15 is 4.79 Å². The van der Waals surface area contributed by atoms with Gasteiger partial charge in [-0.25, -0.2) is 0 Å². The molecule has 1 fully saturated rings. The third-order valence-electron chi connectivity index (χ3n) is 11.6. The molecule has 0 unspecified atom stereocenters. The second-order valence-corrected chi connectivity index (χ2v) is 19.5. The molecule has 8 rings (SSSR count). The fourth-order valence-electron chi connectivity index (χ4n) is 9.02. The molecule has 276 valence electrons. The van der Waals surface area contributed by atoms with Crippen molar-refractivity contribution in [3.63, 3.8) is 0 Å². The zero-order valence-electron chi connectivity index (χ0n) is 31.1. The van der Waals surface area contributed by atoms with Crippen LogP contribution in [0.5, 0.6) is 23.0 Å². The SMILES string of the molecule is COc1ccc([Si](C)(C)[C@H]2[C@H](CCO)O[C@@]3(C(=O)N(Cc4cccc(N5C(=O)c6ccccc6Oc6ccccc65)c4)c4ccc(OC)cc43)[C@@H]2C)cc1. The number of carbonyl (C=O) groups is 2. The number of carbonyl (C=O) groups excluding carboxylic acids is 2. The van der Waals surface area contributed by atoms with Crippen molar-refractivity contribution in [3.05, 3.63) is 132 Å². The summed E-state index contributed by atoms with van der Waals surface area (Å²) in [5.41, 5.74) is 2.82. The van der Waals surface area contributed by atoms with Crippen LogP contribution in [0.25, 0.3) is 0 Å². The topological polar surface area (TPSA) is 97.8 Å². The lowest BCUT2D eigenvalue weighted by Gasteiger charge is -2.37. The summed E-state index contributed by atoms with van der Waals surface area (Å²) in [4.78, 5) is 32.9. The van der Waals surface area contributed by atoms with E-state index in [0.717, 1.165) is 22.6 Å². The van der Waals surface area contributed by atoms with Crippen molar-refractivity contribution >= 4 is 42.1 Å². The fourth-order valence-corrected chi connectivity index (χ4v) is 13.1. The number of aliphatic hydroxyl groups excluding tert-OH is 1. The predicted molar refractivity (Wildman–Crippen MR) is 211 cm³/mol. The van der Waals surface area contributed by atoms with Crippen LogP contribution < -0.4 is 29.2 Å². The van der Waals surface area contributed by atoms with Gasteiger partial charge in [0.25, 0.3) is 11.8 Å². The molecule has 9 nitrogen and oxygen atoms in total. The van der Waals surface area contributed by atoms with Gasteiger partial charge in [-0.1, -0.05) is 73.7 Å². The van der Waals surface area contributed by atoms with Gasteiger partial charge in [0.15, 0.2) is 11.4 Å². The minimum Gasteiger partial charge on any atom is -0.497 e. The van der Waals surface area contributed by atoms with Gasteiger partial charge in [-0.15, -0.1) is 0 Å². The summed E-state index contributed by atoms with van der Waals surface area (Å²) in [5.74, 6) is 1.91. The van der Waals surface area contributed by atoms with Crippen molar-refractivity contribution in [2.45, 2.75) is 50.2 Å². The second-order valence-electron chi connectivity index (χ2n) is 14.8. The molecule has 0 bridgehead atoms. The van der Waals surface area contributed by atoms with E-state index in [1.165, 1.54) is 5.19 Å². The number of aliphatic hydroxyl groups is 1. The molecule has 54 heavy (non-hydrogen) atoms. The number of rotatable bonds is 9. The summed E-state index contributed by atoms with van der Waals surface area (Å²) >= 11 is 0. The van der Waals surface area contributed by atoms with Gasteiger partial charge in [0.05, 0.1) is 51.9 Å². The minimum atomic E-state index is -2.34. The first-order chi connectivity index (χ1) is 26.1. The van der Waals surface area contributed by atoms with Crippen LogP contribution in [-0.2, 0) is 21.7 Å². The van der Waals surface area contributed by atoms with Crippen LogP contribution in [0.4, 0.5) is 17.1 Å². The first kappa shape index (κ1) is 35.6. The van der Waals surface area contributed by atoms with Gasteiger partial charge in [0.2, 0.25) is 0 Å². The molecule has 3 heterocycles. The number of fused-ring (bicyclic) bond motifs is 4. The van der Waals surface area contributed by atoms with E-state index in [2.05, 4.69) is 32.2 Å². The van der Waals surface area contributed by atoms with Gasteiger partial charge in [0.1, 0.15) is 17.2 Å². The Hall–Kier alpha value is -5.42. The van der Waals surface area contributed by atoms with E-state index in [1.54, 1.807) is 36.2 Å². The lowest BCUT2D eigenvalue weighted by atomic mass is 9.82. The van der Waals surface area contributed by atoms with Gasteiger partial charge < -0.3 is 29.0 Å². The first-order valence-corrected chi connectivity index (χ1v) is 21.4. The molecule has 4 atom stereocenters. The van der Waals surface area contributed by atoms with E-state index in [1.807, 2.05) is 91.0 Å². The molecule has 0 saturated carbocycles. The van der Waals surface area contributed by atoms with Gasteiger partial charge in [0, 0.05) is 23.8 Å². The lowest BCUT2D eigenvalue weighted by molar-refractivity contribution is -0.146. The van der Waals surface area contributed by atoms with Crippen molar-refractivity contribution < 1.29 is 33.6 Å². The van der Waals surface area contributed by atoms with Crippen LogP contribution in [0.15, 0.2) is 115 Å². The quantitative estimate of drug-likeness (QED) is 0.153. The summed E-state index contributed by atoms with van der Waals surface area (Å²) < 4.78 is 24.5. The number of methoxy groups -OCH3 is 2. The number of benzene rings is 5. The summed E-state index contributed by atoms with van der Waals surface area (Å²) in [6, 6.07) is 36.5. The molecule has 2 amide bonds. The maximum atomic E-state index is 15.2. The highest BCUT2D eigenvalue weighted by Crippen LogP contribution is 2.60. The van der Waals surface area contributed by atoms with Gasteiger partial charge in [-0.3, -0.25) is 14.5 Å². The summed E-state index contributed by atoms with van der Waals surface area (Å²) in [6.07, 6.45) is 0.0649. The van der Waals surface area contributed by atoms with Gasteiger partial charge in [-0.2, -0.15) is 0 Å². The second kappa shape index (κ2) is 13.8. The monoisotopic (exact) mass is 740 g/mol. The third kappa shape index (κ3) is 5.59. The molecule has 0 aromatic heterocycles. The van der Waals surface area contributed by atoms with Crippen LogP contribution in [0.2, 0.25) is 18.6 Å². The van der Waals surface area contributed by atoms with Crippen molar-refractivity contribution in [2.75, 3.05) is 30.6 Å². The Morgan fingerprint density at radius 1 is 0.796 bits per heavy atom. The Morgan fingerprint density at radius 2 is 1.50 bits per heavy atom. The maximum absolute atomic E-state index is 15.2. The van der Waals surface area contributed by atoms with Crippen molar-refractivity contribution in [3.8, 4) is 23.0 Å². The van der Waals surface area contributed by atoms with Gasteiger partial charge in [-0.05, 0) is 84.3 Å². The molecule has 5 aromatic carbocycles. The lowest BCUT2D eigenvalue weighted by Crippen LogP contribution is -2.51.